The third-order valence-corrected chi connectivity index (χ3v) is 8.10. The standard InChI is InChI=1S/C26H40N10O/c1-17(37)26(18-5-3-2-4-6-18)7-9-34(10-8-26)23-31-24(35-13-19(27)11-20(28)14-35)33-25(32-23)36-15-21(29)12-22(30)16-36/h2-6,19-22H,7-16,27-30H2,1H3/t19-,20+,21-,22+. The molecule has 11 heteroatoms. The molecule has 0 spiro atoms. The summed E-state index contributed by atoms with van der Waals surface area (Å²) in [7, 11) is 0. The van der Waals surface area contributed by atoms with E-state index >= 15 is 0 Å². The van der Waals surface area contributed by atoms with Crippen molar-refractivity contribution >= 4 is 23.6 Å². The summed E-state index contributed by atoms with van der Waals surface area (Å²) < 4.78 is 0. The Morgan fingerprint density at radius 3 is 1.54 bits per heavy atom. The smallest absolute Gasteiger partial charge is 0.232 e. The van der Waals surface area contributed by atoms with E-state index < -0.39 is 5.41 Å². The van der Waals surface area contributed by atoms with Gasteiger partial charge in [-0.15, -0.1) is 0 Å². The van der Waals surface area contributed by atoms with Gasteiger partial charge in [0.05, 0.1) is 5.41 Å². The van der Waals surface area contributed by atoms with E-state index in [-0.39, 0.29) is 30.0 Å². The van der Waals surface area contributed by atoms with E-state index in [2.05, 4.69) is 26.8 Å². The molecule has 3 fully saturated rings. The number of aromatic nitrogens is 3. The first kappa shape index (κ1) is 25.8. The average molecular weight is 509 g/mol. The largest absolute Gasteiger partial charge is 0.341 e. The third-order valence-electron chi connectivity index (χ3n) is 8.10. The number of nitrogens with zero attached hydrogens (tertiary/aromatic N) is 6. The lowest BCUT2D eigenvalue weighted by Crippen LogP contribution is -2.54. The zero-order valence-corrected chi connectivity index (χ0v) is 21.7. The highest BCUT2D eigenvalue weighted by molar-refractivity contribution is 5.88. The summed E-state index contributed by atoms with van der Waals surface area (Å²) in [6, 6.07) is 9.93. The molecule has 200 valence electrons. The predicted molar refractivity (Wildman–Crippen MR) is 146 cm³/mol. The molecule has 0 unspecified atom stereocenters. The number of hydrogen-bond donors (Lipinski definition) is 4. The van der Waals surface area contributed by atoms with E-state index in [9.17, 15) is 4.79 Å². The molecule has 2 aromatic rings. The van der Waals surface area contributed by atoms with Crippen molar-refractivity contribution < 1.29 is 4.79 Å². The van der Waals surface area contributed by atoms with Gasteiger partial charge in [0.25, 0.3) is 0 Å². The number of rotatable bonds is 5. The van der Waals surface area contributed by atoms with Gasteiger partial charge in [-0.25, -0.2) is 0 Å². The molecule has 3 aliphatic rings. The molecular weight excluding hydrogens is 468 g/mol. The molecule has 4 heterocycles. The summed E-state index contributed by atoms with van der Waals surface area (Å²) in [5.74, 6) is 1.95. The number of anilines is 3. The molecule has 0 radical (unpaired) electrons. The zero-order valence-electron chi connectivity index (χ0n) is 21.7. The maximum atomic E-state index is 12.9. The Hall–Kier alpha value is -2.86. The van der Waals surface area contributed by atoms with Crippen LogP contribution in [0.2, 0.25) is 0 Å². The number of benzene rings is 1. The highest BCUT2D eigenvalue weighted by Gasteiger charge is 2.41. The molecule has 4 atom stereocenters. The van der Waals surface area contributed by atoms with E-state index in [1.54, 1.807) is 6.92 Å². The van der Waals surface area contributed by atoms with Crippen LogP contribution in [-0.4, -0.2) is 84.2 Å². The second kappa shape index (κ2) is 10.5. The first-order valence-electron chi connectivity index (χ1n) is 13.3. The highest BCUT2D eigenvalue weighted by Crippen LogP contribution is 2.37. The Balaban J connectivity index is 1.45. The molecule has 0 bridgehead atoms. The monoisotopic (exact) mass is 508 g/mol. The van der Waals surface area contributed by atoms with Gasteiger partial charge in [-0.05, 0) is 38.2 Å². The van der Waals surface area contributed by atoms with E-state index in [1.165, 1.54) is 0 Å². The maximum absolute atomic E-state index is 12.9. The fourth-order valence-electron chi connectivity index (χ4n) is 6.14. The number of ketones is 1. The van der Waals surface area contributed by atoms with Gasteiger partial charge in [-0.1, -0.05) is 30.3 Å². The first-order valence-corrected chi connectivity index (χ1v) is 13.3. The number of nitrogens with two attached hydrogens (primary N) is 4. The number of carbonyl (C=O) groups excluding carboxylic acids is 1. The Morgan fingerprint density at radius 2 is 1.14 bits per heavy atom. The summed E-state index contributed by atoms with van der Waals surface area (Å²) in [5.41, 5.74) is 25.7. The Kier molecular flexibility index (Phi) is 7.30. The number of carbonyl (C=O) groups is 1. The van der Waals surface area contributed by atoms with Crippen molar-refractivity contribution in [2.45, 2.75) is 62.2 Å². The lowest BCUT2D eigenvalue weighted by atomic mass is 9.70. The molecule has 1 aromatic carbocycles. The summed E-state index contributed by atoms with van der Waals surface area (Å²) >= 11 is 0. The van der Waals surface area contributed by atoms with Gasteiger partial charge in [-0.2, -0.15) is 15.0 Å². The minimum Gasteiger partial charge on any atom is -0.341 e. The van der Waals surface area contributed by atoms with E-state index in [0.29, 0.717) is 70.0 Å². The normalized spacial score (nSPS) is 28.3. The van der Waals surface area contributed by atoms with Crippen molar-refractivity contribution in [1.82, 2.24) is 15.0 Å². The molecule has 0 amide bonds. The third kappa shape index (κ3) is 5.40. The minimum absolute atomic E-state index is 0.0405. The van der Waals surface area contributed by atoms with Gasteiger partial charge < -0.3 is 37.6 Å². The topological polar surface area (TPSA) is 170 Å². The van der Waals surface area contributed by atoms with Crippen molar-refractivity contribution in [3.63, 3.8) is 0 Å². The predicted octanol–water partition coefficient (Wildman–Crippen LogP) is -0.272. The van der Waals surface area contributed by atoms with Crippen LogP contribution in [0.3, 0.4) is 0 Å². The van der Waals surface area contributed by atoms with Crippen molar-refractivity contribution in [2.75, 3.05) is 54.0 Å². The fraction of sp³-hybridized carbons (Fsp3) is 0.615. The summed E-state index contributed by atoms with van der Waals surface area (Å²) in [6.07, 6.45) is 2.94. The van der Waals surface area contributed by atoms with Gasteiger partial charge >= 0.3 is 0 Å². The van der Waals surface area contributed by atoms with Crippen LogP contribution in [0.15, 0.2) is 30.3 Å². The molecular formula is C26H40N10O. The molecule has 0 saturated carbocycles. The van der Waals surface area contributed by atoms with Crippen molar-refractivity contribution in [1.29, 1.82) is 0 Å². The maximum Gasteiger partial charge on any atom is 0.232 e. The minimum atomic E-state index is -0.491. The average Bonchev–Trinajstić information content (AvgIpc) is 2.88. The number of Topliss-reactive ketones (excluding diaryl/α,β-unsaturated/α-hetero) is 1. The highest BCUT2D eigenvalue weighted by atomic mass is 16.1. The Labute approximate surface area is 218 Å². The van der Waals surface area contributed by atoms with E-state index in [0.717, 1.165) is 18.4 Å². The van der Waals surface area contributed by atoms with Gasteiger partial charge in [0.2, 0.25) is 17.8 Å². The molecule has 0 aliphatic carbocycles. The zero-order chi connectivity index (χ0) is 26.2. The van der Waals surface area contributed by atoms with E-state index in [4.69, 9.17) is 37.9 Å². The summed E-state index contributed by atoms with van der Waals surface area (Å²) in [6.45, 7) is 5.57. The molecule has 37 heavy (non-hydrogen) atoms. The van der Waals surface area contributed by atoms with Crippen LogP contribution in [-0.2, 0) is 10.2 Å². The molecule has 11 nitrogen and oxygen atoms in total. The molecule has 3 saturated heterocycles. The van der Waals surface area contributed by atoms with Gasteiger partial charge in [0.1, 0.15) is 5.78 Å². The summed E-state index contributed by atoms with van der Waals surface area (Å²) in [4.78, 5) is 33.8. The Morgan fingerprint density at radius 1 is 0.730 bits per heavy atom. The van der Waals surface area contributed by atoms with Crippen molar-refractivity contribution in [3.05, 3.63) is 35.9 Å². The lowest BCUT2D eigenvalue weighted by Gasteiger charge is -2.41. The van der Waals surface area contributed by atoms with Crippen LogP contribution in [0, 0.1) is 0 Å². The van der Waals surface area contributed by atoms with Gasteiger partial charge in [-0.3, -0.25) is 4.79 Å². The Bertz CT molecular complexity index is 1030. The SMILES string of the molecule is CC(=O)C1(c2ccccc2)CCN(c2nc(N3C[C@H](N)C[C@H](N)C3)nc(N3C[C@H](N)C[C@H](N)C3)n2)CC1. The van der Waals surface area contributed by atoms with Crippen LogP contribution in [0.1, 0.15) is 38.2 Å². The second-order valence-electron chi connectivity index (χ2n) is 11.0. The van der Waals surface area contributed by atoms with Crippen LogP contribution >= 0.6 is 0 Å². The molecule has 1 aromatic heterocycles. The molecule has 8 N–H and O–H groups in total. The second-order valence-corrected chi connectivity index (χ2v) is 11.0. The quantitative estimate of drug-likeness (QED) is 0.419. The van der Waals surface area contributed by atoms with Crippen LogP contribution < -0.4 is 37.6 Å². The fourth-order valence-corrected chi connectivity index (χ4v) is 6.14. The van der Waals surface area contributed by atoms with Crippen molar-refractivity contribution in [2.24, 2.45) is 22.9 Å². The summed E-state index contributed by atoms with van der Waals surface area (Å²) in [5, 5.41) is 0. The van der Waals surface area contributed by atoms with Gasteiger partial charge in [0.15, 0.2) is 0 Å². The van der Waals surface area contributed by atoms with Crippen molar-refractivity contribution in [3.8, 4) is 0 Å². The number of piperidine rings is 3. The molecule has 3 aliphatic heterocycles. The van der Waals surface area contributed by atoms with Crippen LogP contribution in [0.4, 0.5) is 17.8 Å². The van der Waals surface area contributed by atoms with Gasteiger partial charge in [0, 0.05) is 63.4 Å². The van der Waals surface area contributed by atoms with Crippen LogP contribution in [0.5, 0.6) is 0 Å². The number of hydrogen-bond acceptors (Lipinski definition) is 11. The lowest BCUT2D eigenvalue weighted by molar-refractivity contribution is -0.123. The first-order chi connectivity index (χ1) is 17.7. The van der Waals surface area contributed by atoms with Crippen LogP contribution in [0.25, 0.3) is 0 Å². The molecule has 5 rings (SSSR count). The van der Waals surface area contributed by atoms with E-state index in [1.807, 2.05) is 18.2 Å².